The van der Waals surface area contributed by atoms with Crippen molar-refractivity contribution >= 4 is 0 Å². The summed E-state index contributed by atoms with van der Waals surface area (Å²) >= 11 is 0. The van der Waals surface area contributed by atoms with Crippen molar-refractivity contribution in [3.63, 3.8) is 0 Å². The fraction of sp³-hybridized carbons (Fsp3) is 1.00. The molecule has 0 radical (unpaired) electrons. The van der Waals surface area contributed by atoms with Gasteiger partial charge in [0.25, 0.3) is 0 Å². The van der Waals surface area contributed by atoms with E-state index in [1.807, 2.05) is 0 Å². The molecule has 0 aliphatic carbocycles. The van der Waals surface area contributed by atoms with E-state index in [4.69, 9.17) is 10.5 Å². The van der Waals surface area contributed by atoms with Crippen LogP contribution in [0.2, 0.25) is 0 Å². The third kappa shape index (κ3) is 5.58. The lowest BCUT2D eigenvalue weighted by Gasteiger charge is -2.35. The van der Waals surface area contributed by atoms with Crippen molar-refractivity contribution < 1.29 is 4.74 Å². The van der Waals surface area contributed by atoms with Gasteiger partial charge in [-0.1, -0.05) is 20.8 Å². The zero-order valence-electron chi connectivity index (χ0n) is 10.3. The maximum atomic E-state index is 5.35. The van der Waals surface area contributed by atoms with Crippen molar-refractivity contribution in [3.05, 3.63) is 0 Å². The second-order valence-corrected chi connectivity index (χ2v) is 4.92. The second kappa shape index (κ2) is 6.38. The number of rotatable bonds is 6. The zero-order valence-corrected chi connectivity index (χ0v) is 10.3. The number of ether oxygens (including phenoxy) is 1. The first-order chi connectivity index (χ1) is 6.39. The zero-order chi connectivity index (χ0) is 11.2. The van der Waals surface area contributed by atoms with E-state index in [0.717, 1.165) is 13.2 Å². The van der Waals surface area contributed by atoms with E-state index in [1.165, 1.54) is 0 Å². The van der Waals surface area contributed by atoms with Gasteiger partial charge < -0.3 is 15.4 Å². The van der Waals surface area contributed by atoms with E-state index in [2.05, 4.69) is 39.6 Å². The van der Waals surface area contributed by atoms with Crippen molar-refractivity contribution in [3.8, 4) is 0 Å². The summed E-state index contributed by atoms with van der Waals surface area (Å²) in [7, 11) is 2.14. The van der Waals surface area contributed by atoms with Crippen molar-refractivity contribution in [1.82, 2.24) is 4.90 Å². The first-order valence-corrected chi connectivity index (χ1v) is 5.37. The van der Waals surface area contributed by atoms with Crippen LogP contribution in [0.5, 0.6) is 0 Å². The van der Waals surface area contributed by atoms with Gasteiger partial charge in [-0.15, -0.1) is 0 Å². The molecule has 0 bridgehead atoms. The molecule has 3 heteroatoms. The lowest BCUT2D eigenvalue weighted by molar-refractivity contribution is 0.0781. The highest BCUT2D eigenvalue weighted by molar-refractivity contribution is 4.77. The molecule has 0 amide bonds. The van der Waals surface area contributed by atoms with E-state index in [9.17, 15) is 0 Å². The summed E-state index contributed by atoms with van der Waals surface area (Å²) in [6.45, 7) is 12.0. The van der Waals surface area contributed by atoms with Gasteiger partial charge in [-0.2, -0.15) is 0 Å². The smallest absolute Gasteiger partial charge is 0.0594 e. The summed E-state index contributed by atoms with van der Waals surface area (Å²) in [6, 6.07) is 0.559. The monoisotopic (exact) mass is 202 g/mol. The van der Waals surface area contributed by atoms with Gasteiger partial charge in [-0.3, -0.25) is 0 Å². The van der Waals surface area contributed by atoms with Gasteiger partial charge in [0, 0.05) is 19.1 Å². The normalized spacial score (nSPS) is 14.8. The van der Waals surface area contributed by atoms with Crippen LogP contribution in [0.25, 0.3) is 0 Å². The summed E-state index contributed by atoms with van der Waals surface area (Å²) in [6.07, 6.45) is 0. The Morgan fingerprint density at radius 1 is 1.29 bits per heavy atom. The highest BCUT2D eigenvalue weighted by Gasteiger charge is 2.23. The van der Waals surface area contributed by atoms with Crippen LogP contribution in [0.3, 0.4) is 0 Å². The Hall–Kier alpha value is -0.120. The Morgan fingerprint density at radius 2 is 1.86 bits per heavy atom. The summed E-state index contributed by atoms with van der Waals surface area (Å²) in [4.78, 5) is 2.33. The Labute approximate surface area is 88.6 Å². The molecule has 0 aromatic rings. The van der Waals surface area contributed by atoms with Crippen LogP contribution in [0.1, 0.15) is 27.7 Å². The molecule has 0 heterocycles. The number of nitrogens with two attached hydrogens (primary N) is 1. The third-order valence-electron chi connectivity index (χ3n) is 2.77. The van der Waals surface area contributed by atoms with Crippen LogP contribution < -0.4 is 5.73 Å². The van der Waals surface area contributed by atoms with Gasteiger partial charge in [0.05, 0.1) is 13.2 Å². The lowest BCUT2D eigenvalue weighted by Crippen LogP contribution is -2.41. The first-order valence-electron chi connectivity index (χ1n) is 5.37. The highest BCUT2D eigenvalue weighted by Crippen LogP contribution is 2.22. The van der Waals surface area contributed by atoms with Crippen LogP contribution in [0, 0.1) is 5.41 Å². The molecule has 0 saturated heterocycles. The molecule has 0 saturated carbocycles. The minimum absolute atomic E-state index is 0.322. The minimum Gasteiger partial charge on any atom is -0.379 e. The molecule has 0 fully saturated rings. The first kappa shape index (κ1) is 13.9. The number of likely N-dealkylation sites (N-methyl/N-ethyl adjacent to an activating group) is 1. The van der Waals surface area contributed by atoms with Crippen molar-refractivity contribution in [2.24, 2.45) is 11.1 Å². The van der Waals surface area contributed by atoms with Gasteiger partial charge in [-0.25, -0.2) is 0 Å². The highest BCUT2D eigenvalue weighted by atomic mass is 16.5. The van der Waals surface area contributed by atoms with Crippen molar-refractivity contribution in [2.75, 3.05) is 33.4 Å². The molecule has 1 unspecified atom stereocenters. The fourth-order valence-electron chi connectivity index (χ4n) is 1.25. The maximum absolute atomic E-state index is 5.35. The molecule has 0 rings (SSSR count). The van der Waals surface area contributed by atoms with Crippen LogP contribution in [0.15, 0.2) is 0 Å². The Bertz CT molecular complexity index is 143. The molecule has 0 aromatic carbocycles. The van der Waals surface area contributed by atoms with Gasteiger partial charge in [-0.05, 0) is 19.4 Å². The van der Waals surface area contributed by atoms with Crippen LogP contribution in [-0.2, 0) is 4.74 Å². The average Bonchev–Trinajstić information content (AvgIpc) is 2.09. The minimum atomic E-state index is 0.322. The van der Waals surface area contributed by atoms with E-state index in [1.54, 1.807) is 0 Å². The topological polar surface area (TPSA) is 38.5 Å². The Kier molecular flexibility index (Phi) is 6.33. The van der Waals surface area contributed by atoms with E-state index < -0.39 is 0 Å². The lowest BCUT2D eigenvalue weighted by atomic mass is 9.87. The molecule has 2 N–H and O–H groups in total. The predicted molar refractivity (Wildman–Crippen MR) is 61.4 cm³/mol. The van der Waals surface area contributed by atoms with Gasteiger partial charge in [0.1, 0.15) is 0 Å². The summed E-state index contributed by atoms with van der Waals surface area (Å²) in [5.74, 6) is 0. The average molecular weight is 202 g/mol. The molecular weight excluding hydrogens is 176 g/mol. The maximum Gasteiger partial charge on any atom is 0.0594 e. The quantitative estimate of drug-likeness (QED) is 0.660. The fourth-order valence-corrected chi connectivity index (χ4v) is 1.25. The predicted octanol–water partition coefficient (Wildman–Crippen LogP) is 1.33. The summed E-state index contributed by atoms with van der Waals surface area (Å²) < 4.78 is 5.35. The molecule has 3 nitrogen and oxygen atoms in total. The standard InChI is InChI=1S/C11H26N2O/c1-10(11(2,3)4)13(5)7-9-14-8-6-12/h10H,6-9,12H2,1-5H3. The Balaban J connectivity index is 3.68. The van der Waals surface area contributed by atoms with Crippen molar-refractivity contribution in [2.45, 2.75) is 33.7 Å². The van der Waals surface area contributed by atoms with E-state index in [0.29, 0.717) is 24.6 Å². The number of hydrogen-bond acceptors (Lipinski definition) is 3. The molecule has 0 aromatic heterocycles. The van der Waals surface area contributed by atoms with Crippen LogP contribution in [-0.4, -0.2) is 44.3 Å². The third-order valence-corrected chi connectivity index (χ3v) is 2.77. The second-order valence-electron chi connectivity index (χ2n) is 4.92. The molecule has 86 valence electrons. The van der Waals surface area contributed by atoms with Gasteiger partial charge in [0.2, 0.25) is 0 Å². The largest absolute Gasteiger partial charge is 0.379 e. The Morgan fingerprint density at radius 3 is 2.29 bits per heavy atom. The molecular formula is C11H26N2O. The van der Waals surface area contributed by atoms with Crippen LogP contribution >= 0.6 is 0 Å². The molecule has 14 heavy (non-hydrogen) atoms. The summed E-state index contributed by atoms with van der Waals surface area (Å²) in [5, 5.41) is 0. The molecule has 0 aliphatic heterocycles. The molecule has 0 aliphatic rings. The molecule has 1 atom stereocenters. The van der Waals surface area contributed by atoms with Crippen molar-refractivity contribution in [1.29, 1.82) is 0 Å². The van der Waals surface area contributed by atoms with Crippen LogP contribution in [0.4, 0.5) is 0 Å². The SMILES string of the molecule is CC(N(C)CCOCCN)C(C)(C)C. The summed E-state index contributed by atoms with van der Waals surface area (Å²) in [5.41, 5.74) is 5.66. The van der Waals surface area contributed by atoms with E-state index >= 15 is 0 Å². The number of nitrogens with zero attached hydrogens (tertiary/aromatic N) is 1. The van der Waals surface area contributed by atoms with E-state index in [-0.39, 0.29) is 0 Å². The molecule has 0 spiro atoms. The van der Waals surface area contributed by atoms with Gasteiger partial charge >= 0.3 is 0 Å². The van der Waals surface area contributed by atoms with Gasteiger partial charge in [0.15, 0.2) is 0 Å². The number of hydrogen-bond donors (Lipinski definition) is 1.